The Kier molecular flexibility index (Phi) is 3.69. The van der Waals surface area contributed by atoms with Crippen molar-refractivity contribution in [2.45, 2.75) is 39.3 Å². The molecule has 0 radical (unpaired) electrons. The van der Waals surface area contributed by atoms with E-state index in [0.29, 0.717) is 10.8 Å². The second-order valence-electron chi connectivity index (χ2n) is 3.25. The number of aliphatic hydroxyl groups excluding tert-OH is 1. The molecule has 1 atom stereocenters. The SMILES string of the molecule is CCCC(C)n1c(CO)c[nH]c1=S. The topological polar surface area (TPSA) is 41.0 Å². The fourth-order valence-electron chi connectivity index (χ4n) is 1.57. The molecule has 0 amide bonds. The minimum Gasteiger partial charge on any atom is -0.390 e. The molecular weight excluding hydrogens is 184 g/mol. The molecule has 0 spiro atoms. The van der Waals surface area contributed by atoms with Crippen LogP contribution in [0.2, 0.25) is 0 Å². The van der Waals surface area contributed by atoms with Crippen LogP contribution in [0, 0.1) is 4.77 Å². The van der Waals surface area contributed by atoms with Crippen LogP contribution < -0.4 is 0 Å². The third-order valence-electron chi connectivity index (χ3n) is 2.20. The maximum atomic E-state index is 9.06. The van der Waals surface area contributed by atoms with Gasteiger partial charge in [0.1, 0.15) is 0 Å². The Morgan fingerprint density at radius 3 is 2.92 bits per heavy atom. The van der Waals surface area contributed by atoms with E-state index in [9.17, 15) is 0 Å². The molecular formula is C9H16N2OS. The van der Waals surface area contributed by atoms with Gasteiger partial charge < -0.3 is 14.7 Å². The molecule has 13 heavy (non-hydrogen) atoms. The van der Waals surface area contributed by atoms with Gasteiger partial charge in [0.2, 0.25) is 0 Å². The van der Waals surface area contributed by atoms with Crippen LogP contribution in [-0.4, -0.2) is 14.7 Å². The number of aromatic nitrogens is 2. The van der Waals surface area contributed by atoms with E-state index < -0.39 is 0 Å². The molecule has 4 heteroatoms. The van der Waals surface area contributed by atoms with Crippen LogP contribution in [0.15, 0.2) is 6.20 Å². The van der Waals surface area contributed by atoms with Crippen molar-refractivity contribution in [3.63, 3.8) is 0 Å². The predicted molar refractivity (Wildman–Crippen MR) is 55.2 cm³/mol. The van der Waals surface area contributed by atoms with Crippen LogP contribution in [0.1, 0.15) is 38.4 Å². The van der Waals surface area contributed by atoms with Gasteiger partial charge in [-0.1, -0.05) is 13.3 Å². The maximum Gasteiger partial charge on any atom is 0.177 e. The molecule has 1 rings (SSSR count). The molecule has 0 saturated heterocycles. The average Bonchev–Trinajstić information content (AvgIpc) is 2.47. The number of H-pyrrole nitrogens is 1. The molecule has 0 fully saturated rings. The van der Waals surface area contributed by atoms with Crippen molar-refractivity contribution in [2.75, 3.05) is 0 Å². The summed E-state index contributed by atoms with van der Waals surface area (Å²) in [6.07, 6.45) is 3.98. The second-order valence-corrected chi connectivity index (χ2v) is 3.64. The Morgan fingerprint density at radius 1 is 1.69 bits per heavy atom. The zero-order valence-corrected chi connectivity index (χ0v) is 8.90. The number of aromatic amines is 1. The minimum absolute atomic E-state index is 0.0429. The Bertz CT molecular complexity index is 316. The van der Waals surface area contributed by atoms with Gasteiger partial charge in [-0.05, 0) is 25.6 Å². The van der Waals surface area contributed by atoms with E-state index in [1.165, 1.54) is 0 Å². The molecule has 1 unspecified atom stereocenters. The van der Waals surface area contributed by atoms with Crippen LogP contribution in [0.4, 0.5) is 0 Å². The summed E-state index contributed by atoms with van der Waals surface area (Å²) in [4.78, 5) is 2.95. The first-order valence-electron chi connectivity index (χ1n) is 4.60. The van der Waals surface area contributed by atoms with Crippen molar-refractivity contribution in [2.24, 2.45) is 0 Å². The fourth-order valence-corrected chi connectivity index (χ4v) is 1.92. The Hall–Kier alpha value is -0.610. The van der Waals surface area contributed by atoms with Crippen molar-refractivity contribution in [1.29, 1.82) is 0 Å². The minimum atomic E-state index is 0.0429. The van der Waals surface area contributed by atoms with Crippen molar-refractivity contribution < 1.29 is 5.11 Å². The van der Waals surface area contributed by atoms with Gasteiger partial charge in [-0.3, -0.25) is 0 Å². The van der Waals surface area contributed by atoms with Crippen molar-refractivity contribution in [3.8, 4) is 0 Å². The van der Waals surface area contributed by atoms with Gasteiger partial charge in [0, 0.05) is 12.2 Å². The molecule has 1 aromatic heterocycles. The van der Waals surface area contributed by atoms with E-state index in [-0.39, 0.29) is 6.61 Å². The van der Waals surface area contributed by atoms with E-state index in [4.69, 9.17) is 17.3 Å². The third kappa shape index (κ3) is 2.19. The summed E-state index contributed by atoms with van der Waals surface area (Å²) in [5.74, 6) is 0. The highest BCUT2D eigenvalue weighted by Crippen LogP contribution is 2.16. The molecule has 74 valence electrons. The molecule has 0 bridgehead atoms. The number of nitrogens with zero attached hydrogens (tertiary/aromatic N) is 1. The van der Waals surface area contributed by atoms with E-state index in [1.54, 1.807) is 6.20 Å². The molecule has 0 aliphatic rings. The highest BCUT2D eigenvalue weighted by Gasteiger charge is 2.08. The first-order chi connectivity index (χ1) is 6.20. The molecule has 1 heterocycles. The first-order valence-corrected chi connectivity index (χ1v) is 5.01. The lowest BCUT2D eigenvalue weighted by Crippen LogP contribution is -2.08. The quantitative estimate of drug-likeness (QED) is 0.733. The lowest BCUT2D eigenvalue weighted by Gasteiger charge is -2.14. The molecule has 0 aromatic carbocycles. The van der Waals surface area contributed by atoms with E-state index in [2.05, 4.69) is 18.8 Å². The third-order valence-corrected chi connectivity index (χ3v) is 2.51. The van der Waals surface area contributed by atoms with Gasteiger partial charge in [0.15, 0.2) is 4.77 Å². The lowest BCUT2D eigenvalue weighted by atomic mass is 10.2. The van der Waals surface area contributed by atoms with Crippen LogP contribution in [0.5, 0.6) is 0 Å². The molecule has 2 N–H and O–H groups in total. The number of hydrogen-bond acceptors (Lipinski definition) is 2. The molecule has 0 aliphatic heterocycles. The van der Waals surface area contributed by atoms with E-state index in [1.807, 2.05) is 4.57 Å². The smallest absolute Gasteiger partial charge is 0.177 e. The predicted octanol–water partition coefficient (Wildman–Crippen LogP) is 2.40. The summed E-state index contributed by atoms with van der Waals surface area (Å²) in [5, 5.41) is 9.06. The molecule has 3 nitrogen and oxygen atoms in total. The molecule has 0 aliphatic carbocycles. The summed E-state index contributed by atoms with van der Waals surface area (Å²) in [7, 11) is 0. The Morgan fingerprint density at radius 2 is 2.38 bits per heavy atom. The average molecular weight is 200 g/mol. The molecule has 0 saturated carbocycles. The summed E-state index contributed by atoms with van der Waals surface area (Å²) in [6, 6.07) is 0.367. The van der Waals surface area contributed by atoms with Gasteiger partial charge in [-0.25, -0.2) is 0 Å². The summed E-state index contributed by atoms with van der Waals surface area (Å²) in [5.41, 5.74) is 0.867. The number of imidazole rings is 1. The summed E-state index contributed by atoms with van der Waals surface area (Å²) < 4.78 is 2.68. The van der Waals surface area contributed by atoms with Crippen LogP contribution in [0.25, 0.3) is 0 Å². The van der Waals surface area contributed by atoms with Crippen LogP contribution in [0.3, 0.4) is 0 Å². The lowest BCUT2D eigenvalue weighted by molar-refractivity contribution is 0.265. The first kappa shape index (κ1) is 10.5. The Labute approximate surface area is 83.4 Å². The van der Waals surface area contributed by atoms with Crippen molar-refractivity contribution in [1.82, 2.24) is 9.55 Å². The summed E-state index contributed by atoms with van der Waals surface area (Å²) in [6.45, 7) is 4.30. The normalized spacial score (nSPS) is 13.2. The largest absolute Gasteiger partial charge is 0.390 e. The fraction of sp³-hybridized carbons (Fsp3) is 0.667. The highest BCUT2D eigenvalue weighted by atomic mass is 32.1. The van der Waals surface area contributed by atoms with Crippen LogP contribution in [-0.2, 0) is 6.61 Å². The van der Waals surface area contributed by atoms with E-state index in [0.717, 1.165) is 18.5 Å². The van der Waals surface area contributed by atoms with Gasteiger partial charge in [-0.2, -0.15) is 0 Å². The highest BCUT2D eigenvalue weighted by molar-refractivity contribution is 7.71. The standard InChI is InChI=1S/C9H16N2OS/c1-3-4-7(2)11-8(6-12)5-10-9(11)13/h5,7,12H,3-4,6H2,1-2H3,(H,10,13). The molecule has 1 aromatic rings. The Balaban J connectivity index is 2.96. The van der Waals surface area contributed by atoms with Crippen molar-refractivity contribution >= 4 is 12.2 Å². The monoisotopic (exact) mass is 200 g/mol. The van der Waals surface area contributed by atoms with Crippen molar-refractivity contribution in [3.05, 3.63) is 16.7 Å². The van der Waals surface area contributed by atoms with Gasteiger partial charge in [-0.15, -0.1) is 0 Å². The van der Waals surface area contributed by atoms with Crippen LogP contribution >= 0.6 is 12.2 Å². The second kappa shape index (κ2) is 4.58. The number of nitrogens with one attached hydrogen (secondary N) is 1. The van der Waals surface area contributed by atoms with Gasteiger partial charge in [0.25, 0.3) is 0 Å². The number of aliphatic hydroxyl groups is 1. The number of hydrogen-bond donors (Lipinski definition) is 2. The number of rotatable bonds is 4. The maximum absolute atomic E-state index is 9.06. The zero-order valence-electron chi connectivity index (χ0n) is 8.08. The zero-order chi connectivity index (χ0) is 9.84. The van der Waals surface area contributed by atoms with E-state index >= 15 is 0 Å². The van der Waals surface area contributed by atoms with Gasteiger partial charge in [0.05, 0.1) is 12.3 Å². The van der Waals surface area contributed by atoms with Gasteiger partial charge >= 0.3 is 0 Å². The summed E-state index contributed by atoms with van der Waals surface area (Å²) >= 11 is 5.13.